The Hall–Kier alpha value is -6.72. The topological polar surface area (TPSA) is 16.4 Å². The number of nitrogens with zero attached hydrogens (tertiary/aromatic N) is 1. The molecule has 0 amide bonds. The summed E-state index contributed by atoms with van der Waals surface area (Å²) in [7, 11) is 0. The van der Waals surface area contributed by atoms with Gasteiger partial charge in [0, 0.05) is 80.4 Å². The molecule has 0 saturated carbocycles. The largest absolute Gasteiger partial charge is 0.455 e. The van der Waals surface area contributed by atoms with E-state index in [4.69, 9.17) is 4.42 Å². The second-order valence-corrected chi connectivity index (χ2v) is 18.5. The zero-order chi connectivity index (χ0) is 39.0. The predicted octanol–water partition coefficient (Wildman–Crippen LogP) is 16.9. The molecule has 278 valence electrons. The smallest absolute Gasteiger partial charge is 0.143 e. The number of rotatable bonds is 4. The van der Waals surface area contributed by atoms with Gasteiger partial charge >= 0.3 is 0 Å². The van der Waals surface area contributed by atoms with Crippen LogP contribution in [-0.4, -0.2) is 0 Å². The van der Waals surface area contributed by atoms with Crippen molar-refractivity contribution in [2.75, 3.05) is 4.90 Å². The molecule has 1 aliphatic rings. The number of hydrogen-bond acceptors (Lipinski definition) is 4. The summed E-state index contributed by atoms with van der Waals surface area (Å²) >= 11 is 3.74. The lowest BCUT2D eigenvalue weighted by molar-refractivity contribution is 0.660. The maximum absolute atomic E-state index is 7.20. The van der Waals surface area contributed by atoms with E-state index >= 15 is 0 Å². The van der Waals surface area contributed by atoms with E-state index in [1.165, 1.54) is 78.9 Å². The Bertz CT molecular complexity index is 3730. The zero-order valence-corrected chi connectivity index (χ0v) is 34.0. The van der Waals surface area contributed by atoms with Gasteiger partial charge in [0.15, 0.2) is 0 Å². The molecule has 0 unspecified atom stereocenters. The van der Waals surface area contributed by atoms with Crippen LogP contribution >= 0.6 is 22.7 Å². The van der Waals surface area contributed by atoms with Crippen LogP contribution in [0.4, 0.5) is 17.1 Å². The molecule has 0 atom stereocenters. The van der Waals surface area contributed by atoms with Crippen molar-refractivity contribution >= 4 is 113 Å². The molecule has 3 aromatic heterocycles. The van der Waals surface area contributed by atoms with Gasteiger partial charge in [0.2, 0.25) is 0 Å². The van der Waals surface area contributed by atoms with E-state index in [1.54, 1.807) is 0 Å². The molecule has 0 spiro atoms. The summed E-state index contributed by atoms with van der Waals surface area (Å²) in [6.07, 6.45) is 0. The summed E-state index contributed by atoms with van der Waals surface area (Å²) in [6.45, 7) is 4.72. The Morgan fingerprint density at radius 1 is 0.441 bits per heavy atom. The molecule has 0 N–H and O–H groups in total. The van der Waals surface area contributed by atoms with Crippen LogP contribution in [0, 0.1) is 0 Å². The van der Waals surface area contributed by atoms with Crippen molar-refractivity contribution in [3.05, 3.63) is 187 Å². The minimum atomic E-state index is -0.129. The van der Waals surface area contributed by atoms with E-state index in [-0.39, 0.29) is 5.41 Å². The van der Waals surface area contributed by atoms with Crippen LogP contribution in [0.15, 0.2) is 180 Å². The first kappa shape index (κ1) is 33.3. The molecule has 1 aliphatic carbocycles. The molecule has 0 bridgehead atoms. The SMILES string of the molecule is CC1(C)c2ccccc2-c2ccc(N(c3ccc4c(c3)oc3c(-c5cccc6c5sc5ccccc56)c5ccccc5cc34)c3cccc4c3sc3ccccc34)cc21. The molecule has 0 aliphatic heterocycles. The van der Waals surface area contributed by atoms with Crippen LogP contribution in [0.2, 0.25) is 0 Å². The maximum atomic E-state index is 7.20. The first-order valence-corrected chi connectivity index (χ1v) is 21.9. The predicted molar refractivity (Wildman–Crippen MR) is 255 cm³/mol. The Labute approximate surface area is 348 Å². The van der Waals surface area contributed by atoms with Gasteiger partial charge in [-0.2, -0.15) is 0 Å². The first-order chi connectivity index (χ1) is 29.0. The fourth-order valence-corrected chi connectivity index (χ4v) is 12.5. The fraction of sp³-hybridized carbons (Fsp3) is 0.0545. The molecular formula is C55H35NOS2. The van der Waals surface area contributed by atoms with Crippen molar-refractivity contribution in [1.82, 2.24) is 0 Å². The Balaban J connectivity index is 1.07. The molecule has 59 heavy (non-hydrogen) atoms. The van der Waals surface area contributed by atoms with Gasteiger partial charge in [-0.3, -0.25) is 0 Å². The van der Waals surface area contributed by atoms with Crippen molar-refractivity contribution in [2.24, 2.45) is 0 Å². The molecule has 4 heteroatoms. The Morgan fingerprint density at radius 2 is 1.05 bits per heavy atom. The number of hydrogen-bond donors (Lipinski definition) is 0. The van der Waals surface area contributed by atoms with E-state index in [2.05, 4.69) is 195 Å². The van der Waals surface area contributed by atoms with Gasteiger partial charge in [0.05, 0.1) is 10.4 Å². The third-order valence-electron chi connectivity index (χ3n) is 12.9. The Kier molecular flexibility index (Phi) is 6.85. The van der Waals surface area contributed by atoms with Gasteiger partial charge < -0.3 is 9.32 Å². The van der Waals surface area contributed by atoms with Crippen LogP contribution < -0.4 is 4.90 Å². The zero-order valence-electron chi connectivity index (χ0n) is 32.4. The molecule has 12 aromatic rings. The minimum Gasteiger partial charge on any atom is -0.455 e. The van der Waals surface area contributed by atoms with Crippen LogP contribution in [-0.2, 0) is 5.41 Å². The third kappa shape index (κ3) is 4.67. The van der Waals surface area contributed by atoms with Crippen LogP contribution in [0.25, 0.3) is 95.3 Å². The molecular weight excluding hydrogens is 755 g/mol. The van der Waals surface area contributed by atoms with E-state index in [9.17, 15) is 0 Å². The molecule has 13 rings (SSSR count). The molecule has 0 saturated heterocycles. The summed E-state index contributed by atoms with van der Waals surface area (Å²) < 4.78 is 12.3. The summed E-state index contributed by atoms with van der Waals surface area (Å²) in [5.41, 5.74) is 12.8. The lowest BCUT2D eigenvalue weighted by atomic mass is 9.82. The van der Waals surface area contributed by atoms with E-state index in [0.717, 1.165) is 44.6 Å². The third-order valence-corrected chi connectivity index (χ3v) is 15.3. The molecule has 0 radical (unpaired) electrons. The van der Waals surface area contributed by atoms with Gasteiger partial charge in [-0.1, -0.05) is 135 Å². The average molecular weight is 790 g/mol. The quantitative estimate of drug-likeness (QED) is 0.177. The van der Waals surface area contributed by atoms with Crippen molar-refractivity contribution in [2.45, 2.75) is 19.3 Å². The van der Waals surface area contributed by atoms with Gasteiger partial charge in [-0.15, -0.1) is 22.7 Å². The highest BCUT2D eigenvalue weighted by Gasteiger charge is 2.36. The second kappa shape index (κ2) is 12.2. The monoisotopic (exact) mass is 789 g/mol. The lowest BCUT2D eigenvalue weighted by Crippen LogP contribution is -2.16. The van der Waals surface area contributed by atoms with Crippen molar-refractivity contribution in [3.8, 4) is 22.3 Å². The second-order valence-electron chi connectivity index (χ2n) is 16.4. The highest BCUT2D eigenvalue weighted by Crippen LogP contribution is 2.53. The van der Waals surface area contributed by atoms with Gasteiger partial charge in [0.1, 0.15) is 11.2 Å². The molecule has 2 nitrogen and oxygen atoms in total. The van der Waals surface area contributed by atoms with E-state index in [1.807, 2.05) is 22.7 Å². The number of anilines is 3. The van der Waals surface area contributed by atoms with Crippen LogP contribution in [0.3, 0.4) is 0 Å². The molecule has 9 aromatic carbocycles. The van der Waals surface area contributed by atoms with Crippen LogP contribution in [0.1, 0.15) is 25.0 Å². The number of thiophene rings is 2. The van der Waals surface area contributed by atoms with E-state index in [0.29, 0.717) is 0 Å². The molecule has 0 fully saturated rings. The lowest BCUT2D eigenvalue weighted by Gasteiger charge is -2.28. The standard InChI is InChI=1S/C55H35NOS2/c1-55(2)45-21-8-5-15-36(45)37-27-25-33(30-46(37)55)56(47-22-12-19-42-40-17-7-10-24-50(40)59-54(42)47)34-26-28-38-44-29-32-13-3-4-14-35(32)51(52(44)57-48(38)31-34)43-20-11-18-41-39-16-6-9-23-49(39)58-53(41)43/h3-31H,1-2H3. The maximum Gasteiger partial charge on any atom is 0.143 e. The van der Waals surface area contributed by atoms with Gasteiger partial charge in [-0.25, -0.2) is 0 Å². The molecule has 3 heterocycles. The average Bonchev–Trinajstić information content (AvgIpc) is 4.01. The Morgan fingerprint density at radius 3 is 1.88 bits per heavy atom. The van der Waals surface area contributed by atoms with Crippen molar-refractivity contribution < 1.29 is 4.42 Å². The number of fused-ring (bicyclic) bond motifs is 13. The highest BCUT2D eigenvalue weighted by molar-refractivity contribution is 7.26. The number of furan rings is 1. The fourth-order valence-electron chi connectivity index (χ4n) is 10.1. The van der Waals surface area contributed by atoms with E-state index < -0.39 is 0 Å². The van der Waals surface area contributed by atoms with Crippen molar-refractivity contribution in [1.29, 1.82) is 0 Å². The van der Waals surface area contributed by atoms with Gasteiger partial charge in [0.25, 0.3) is 0 Å². The minimum absolute atomic E-state index is 0.129. The van der Waals surface area contributed by atoms with Crippen molar-refractivity contribution in [3.63, 3.8) is 0 Å². The van der Waals surface area contributed by atoms with Crippen LogP contribution in [0.5, 0.6) is 0 Å². The summed E-state index contributed by atoms with van der Waals surface area (Å²) in [5.74, 6) is 0. The first-order valence-electron chi connectivity index (χ1n) is 20.2. The van der Waals surface area contributed by atoms with Gasteiger partial charge in [-0.05, 0) is 81.6 Å². The number of benzene rings is 9. The summed E-state index contributed by atoms with van der Waals surface area (Å²) in [4.78, 5) is 2.46. The summed E-state index contributed by atoms with van der Waals surface area (Å²) in [6, 6.07) is 64.9. The normalized spacial score (nSPS) is 13.4. The highest BCUT2D eigenvalue weighted by atomic mass is 32.1. The summed E-state index contributed by atoms with van der Waals surface area (Å²) in [5, 5.41) is 9.81.